The van der Waals surface area contributed by atoms with Gasteiger partial charge in [0.25, 0.3) is 0 Å². The molecule has 4 nitrogen and oxygen atoms in total. The van der Waals surface area contributed by atoms with Crippen LogP contribution in [0.3, 0.4) is 0 Å². The van der Waals surface area contributed by atoms with Gasteiger partial charge in [-0.25, -0.2) is 8.42 Å². The minimum atomic E-state index is -2.80. The maximum Gasteiger partial charge on any atom is 0.151 e. The number of hydrogen-bond acceptors (Lipinski definition) is 4. The van der Waals surface area contributed by atoms with Crippen LogP contribution in [-0.4, -0.2) is 57.5 Å². The van der Waals surface area contributed by atoms with Gasteiger partial charge in [0.1, 0.15) is 0 Å². The third-order valence-corrected chi connectivity index (χ3v) is 5.23. The molecule has 0 aromatic heterocycles. The maximum atomic E-state index is 11.4. The predicted octanol–water partition coefficient (Wildman–Crippen LogP) is 1.16. The van der Waals surface area contributed by atoms with Crippen LogP contribution in [0.15, 0.2) is 0 Å². The second kappa shape index (κ2) is 9.13. The van der Waals surface area contributed by atoms with Crippen LogP contribution in [0, 0.1) is 5.92 Å². The van der Waals surface area contributed by atoms with Crippen molar-refractivity contribution in [3.8, 4) is 0 Å². The van der Waals surface area contributed by atoms with E-state index in [1.54, 1.807) is 6.92 Å². The Kier molecular flexibility index (Phi) is 9.21. The Hall–Kier alpha value is 0.160. The van der Waals surface area contributed by atoms with Gasteiger partial charge >= 0.3 is 0 Å². The van der Waals surface area contributed by atoms with E-state index in [2.05, 4.69) is 17.1 Å². The summed E-state index contributed by atoms with van der Waals surface area (Å²) in [5.41, 5.74) is 0. The first-order valence-corrected chi connectivity index (χ1v) is 8.53. The van der Waals surface area contributed by atoms with E-state index < -0.39 is 9.84 Å². The molecule has 0 aromatic rings. The molecule has 0 radical (unpaired) electrons. The minimum Gasteiger partial charge on any atom is -0.317 e. The molecule has 18 heavy (non-hydrogen) atoms. The lowest BCUT2D eigenvalue weighted by Gasteiger charge is -2.31. The number of piperidine rings is 1. The summed E-state index contributed by atoms with van der Waals surface area (Å²) < 4.78 is 22.8. The van der Waals surface area contributed by atoms with E-state index in [1.807, 2.05) is 0 Å². The van der Waals surface area contributed by atoms with Crippen LogP contribution in [-0.2, 0) is 9.84 Å². The van der Waals surface area contributed by atoms with Crippen LogP contribution in [0.4, 0.5) is 0 Å². The van der Waals surface area contributed by atoms with Crippen LogP contribution in [0.25, 0.3) is 0 Å². The average molecular weight is 299 g/mol. The van der Waals surface area contributed by atoms with E-state index in [0.717, 1.165) is 32.1 Å². The predicted molar refractivity (Wildman–Crippen MR) is 79.3 cm³/mol. The quantitative estimate of drug-likeness (QED) is 0.766. The van der Waals surface area contributed by atoms with Crippen molar-refractivity contribution < 1.29 is 8.42 Å². The largest absolute Gasteiger partial charge is 0.317 e. The maximum absolute atomic E-state index is 11.4. The topological polar surface area (TPSA) is 49.4 Å². The van der Waals surface area contributed by atoms with Crippen molar-refractivity contribution in [3.63, 3.8) is 0 Å². The van der Waals surface area contributed by atoms with E-state index in [0.29, 0.717) is 12.3 Å². The molecule has 1 rings (SSSR count). The lowest BCUT2D eigenvalue weighted by atomic mass is 9.97. The Morgan fingerprint density at radius 3 is 2.33 bits per heavy atom. The molecule has 0 atom stereocenters. The monoisotopic (exact) mass is 298 g/mol. The summed E-state index contributed by atoms with van der Waals surface area (Å²) >= 11 is 0. The van der Waals surface area contributed by atoms with Crippen molar-refractivity contribution in [2.45, 2.75) is 26.7 Å². The van der Waals surface area contributed by atoms with Crippen molar-refractivity contribution in [1.82, 2.24) is 10.2 Å². The number of nitrogens with one attached hydrogen (secondary N) is 1. The standard InChI is InChI=1S/C12H26N2O2S.ClH/c1-3-13-11-12-5-7-14(8-6-12)9-10-17(15,16)4-2;/h12-13H,3-11H2,1-2H3;1H. The molecular formula is C12H27ClN2O2S. The van der Waals surface area contributed by atoms with E-state index in [1.165, 1.54) is 12.8 Å². The fourth-order valence-corrected chi connectivity index (χ4v) is 3.00. The fraction of sp³-hybridized carbons (Fsp3) is 1.00. The van der Waals surface area contributed by atoms with Gasteiger partial charge in [0, 0.05) is 12.3 Å². The number of sulfone groups is 1. The Morgan fingerprint density at radius 2 is 1.83 bits per heavy atom. The third kappa shape index (κ3) is 6.92. The molecule has 0 aliphatic carbocycles. The van der Waals surface area contributed by atoms with E-state index >= 15 is 0 Å². The average Bonchev–Trinajstić information content (AvgIpc) is 2.35. The molecule has 110 valence electrons. The molecule has 0 aromatic carbocycles. The summed E-state index contributed by atoms with van der Waals surface area (Å²) in [6.07, 6.45) is 2.39. The molecule has 0 saturated carbocycles. The Bertz CT molecular complexity index is 301. The van der Waals surface area contributed by atoms with Gasteiger partial charge in [-0.2, -0.15) is 0 Å². The minimum absolute atomic E-state index is 0. The summed E-state index contributed by atoms with van der Waals surface area (Å²) in [7, 11) is -2.80. The van der Waals surface area contributed by atoms with Gasteiger partial charge in [-0.3, -0.25) is 0 Å². The third-order valence-electron chi connectivity index (χ3n) is 3.55. The van der Waals surface area contributed by atoms with Gasteiger partial charge in [0.2, 0.25) is 0 Å². The number of likely N-dealkylation sites (tertiary alicyclic amines) is 1. The molecule has 1 aliphatic rings. The lowest BCUT2D eigenvalue weighted by molar-refractivity contribution is 0.191. The molecule has 1 aliphatic heterocycles. The molecule has 6 heteroatoms. The molecule has 0 spiro atoms. The SMILES string of the molecule is CCNCC1CCN(CCS(=O)(=O)CC)CC1.Cl. The van der Waals surface area contributed by atoms with Crippen LogP contribution < -0.4 is 5.32 Å². The summed E-state index contributed by atoms with van der Waals surface area (Å²) in [5, 5.41) is 3.38. The summed E-state index contributed by atoms with van der Waals surface area (Å²) in [6, 6.07) is 0. The number of halogens is 1. The highest BCUT2D eigenvalue weighted by Gasteiger charge is 2.19. The molecule has 0 bridgehead atoms. The second-order valence-electron chi connectivity index (χ2n) is 4.83. The zero-order chi connectivity index (χ0) is 12.7. The van der Waals surface area contributed by atoms with Crippen molar-refractivity contribution in [3.05, 3.63) is 0 Å². The van der Waals surface area contributed by atoms with Crippen molar-refractivity contribution in [2.24, 2.45) is 5.92 Å². The van der Waals surface area contributed by atoms with Crippen molar-refractivity contribution >= 4 is 22.2 Å². The van der Waals surface area contributed by atoms with Crippen LogP contribution in [0.2, 0.25) is 0 Å². The summed E-state index contributed by atoms with van der Waals surface area (Å²) in [6.45, 7) is 8.81. The van der Waals surface area contributed by atoms with Crippen LogP contribution in [0.5, 0.6) is 0 Å². The van der Waals surface area contributed by atoms with Crippen LogP contribution in [0.1, 0.15) is 26.7 Å². The van der Waals surface area contributed by atoms with E-state index in [4.69, 9.17) is 0 Å². The first kappa shape index (κ1) is 18.2. The van der Waals surface area contributed by atoms with Crippen molar-refractivity contribution in [1.29, 1.82) is 0 Å². The zero-order valence-electron chi connectivity index (χ0n) is 11.5. The molecule has 1 N–H and O–H groups in total. The molecule has 1 fully saturated rings. The highest BCUT2D eigenvalue weighted by molar-refractivity contribution is 7.91. The Morgan fingerprint density at radius 1 is 1.22 bits per heavy atom. The number of hydrogen-bond donors (Lipinski definition) is 1. The zero-order valence-corrected chi connectivity index (χ0v) is 13.2. The lowest BCUT2D eigenvalue weighted by Crippen LogP contribution is -2.39. The molecule has 0 unspecified atom stereocenters. The first-order valence-electron chi connectivity index (χ1n) is 6.71. The van der Waals surface area contributed by atoms with E-state index in [-0.39, 0.29) is 18.2 Å². The van der Waals surface area contributed by atoms with Gasteiger partial charge in [0.15, 0.2) is 9.84 Å². The highest BCUT2D eigenvalue weighted by atomic mass is 35.5. The summed E-state index contributed by atoms with van der Waals surface area (Å²) in [4.78, 5) is 2.29. The second-order valence-corrected chi connectivity index (χ2v) is 7.30. The van der Waals surface area contributed by atoms with E-state index in [9.17, 15) is 8.42 Å². The molecular weight excluding hydrogens is 272 g/mol. The molecule has 1 saturated heterocycles. The summed E-state index contributed by atoms with van der Waals surface area (Å²) in [5.74, 6) is 1.36. The highest BCUT2D eigenvalue weighted by Crippen LogP contribution is 2.16. The Labute approximate surface area is 118 Å². The van der Waals surface area contributed by atoms with Gasteiger partial charge in [-0.15, -0.1) is 12.4 Å². The van der Waals surface area contributed by atoms with Gasteiger partial charge < -0.3 is 10.2 Å². The Balaban J connectivity index is 0.00000289. The van der Waals surface area contributed by atoms with Gasteiger partial charge in [-0.1, -0.05) is 13.8 Å². The van der Waals surface area contributed by atoms with Crippen molar-refractivity contribution in [2.75, 3.05) is 44.2 Å². The fourth-order valence-electron chi connectivity index (χ4n) is 2.18. The first-order chi connectivity index (χ1) is 8.07. The number of rotatable bonds is 7. The van der Waals surface area contributed by atoms with Crippen LogP contribution >= 0.6 is 12.4 Å². The smallest absolute Gasteiger partial charge is 0.151 e. The number of nitrogens with zero attached hydrogens (tertiary/aromatic N) is 1. The molecule has 0 amide bonds. The van der Waals surface area contributed by atoms with Gasteiger partial charge in [-0.05, 0) is 44.9 Å². The van der Waals surface area contributed by atoms with Gasteiger partial charge in [0.05, 0.1) is 5.75 Å². The normalized spacial score (nSPS) is 18.6. The molecule has 1 heterocycles.